The summed E-state index contributed by atoms with van der Waals surface area (Å²) in [6, 6.07) is -0.0758. The second kappa shape index (κ2) is 5.57. The van der Waals surface area contributed by atoms with Gasteiger partial charge in [0.25, 0.3) is 0 Å². The molecule has 1 aliphatic carbocycles. The van der Waals surface area contributed by atoms with Gasteiger partial charge >= 0.3 is 0 Å². The number of piperazine rings is 1. The number of likely N-dealkylation sites (tertiary alicyclic amines) is 1. The predicted octanol–water partition coefficient (Wildman–Crippen LogP) is -0.367. The highest BCUT2D eigenvalue weighted by Crippen LogP contribution is 2.34. The van der Waals surface area contributed by atoms with Gasteiger partial charge in [0.05, 0.1) is 11.6 Å². The van der Waals surface area contributed by atoms with Crippen molar-refractivity contribution in [1.82, 2.24) is 14.7 Å². The van der Waals surface area contributed by atoms with Crippen LogP contribution in [-0.4, -0.2) is 77.4 Å². The van der Waals surface area contributed by atoms with Crippen molar-refractivity contribution in [3.8, 4) is 0 Å². The van der Waals surface area contributed by atoms with Gasteiger partial charge in [0.2, 0.25) is 11.8 Å². The van der Waals surface area contributed by atoms with Crippen LogP contribution in [0.2, 0.25) is 0 Å². The fourth-order valence-electron chi connectivity index (χ4n) is 3.33. The summed E-state index contributed by atoms with van der Waals surface area (Å²) in [6.45, 7) is 6.70. The summed E-state index contributed by atoms with van der Waals surface area (Å²) in [4.78, 5) is 30.7. The second-order valence-electron chi connectivity index (χ2n) is 6.69. The summed E-state index contributed by atoms with van der Waals surface area (Å²) in [5, 5.41) is 0. The van der Waals surface area contributed by atoms with Crippen LogP contribution >= 0.6 is 0 Å². The van der Waals surface area contributed by atoms with E-state index in [1.54, 1.807) is 0 Å². The topological polar surface area (TPSA) is 69.9 Å². The van der Waals surface area contributed by atoms with E-state index in [0.29, 0.717) is 13.1 Å². The Balaban J connectivity index is 1.50. The SMILES string of the molecule is CC(C(=O)N1CCCC1)N1CCN(C(=O)C2(N)CC2)CC1. The minimum atomic E-state index is -0.570. The van der Waals surface area contributed by atoms with Crippen molar-refractivity contribution in [2.75, 3.05) is 39.3 Å². The number of carbonyl (C=O) groups excluding carboxylic acids is 2. The first-order chi connectivity index (χ1) is 10.0. The molecule has 0 aromatic carbocycles. The molecule has 3 rings (SSSR count). The molecule has 0 bridgehead atoms. The van der Waals surface area contributed by atoms with Crippen LogP contribution in [-0.2, 0) is 9.59 Å². The average Bonchev–Trinajstić information content (AvgIpc) is 3.05. The van der Waals surface area contributed by atoms with E-state index in [-0.39, 0.29) is 17.9 Å². The highest BCUT2D eigenvalue weighted by atomic mass is 16.2. The minimum absolute atomic E-state index is 0.0758. The molecule has 21 heavy (non-hydrogen) atoms. The zero-order chi connectivity index (χ0) is 15.0. The lowest BCUT2D eigenvalue weighted by Gasteiger charge is -2.39. The van der Waals surface area contributed by atoms with Crippen LogP contribution in [0.25, 0.3) is 0 Å². The Hall–Kier alpha value is -1.14. The van der Waals surface area contributed by atoms with Crippen LogP contribution in [0.3, 0.4) is 0 Å². The molecule has 3 fully saturated rings. The molecule has 6 nitrogen and oxygen atoms in total. The van der Waals surface area contributed by atoms with E-state index < -0.39 is 5.54 Å². The van der Waals surface area contributed by atoms with Crippen molar-refractivity contribution in [3.63, 3.8) is 0 Å². The van der Waals surface area contributed by atoms with Gasteiger partial charge in [-0.3, -0.25) is 14.5 Å². The summed E-state index contributed by atoms with van der Waals surface area (Å²) in [5.74, 6) is 0.338. The standard InChI is InChI=1S/C15H26N4O2/c1-12(13(20)18-6-2-3-7-18)17-8-10-19(11-9-17)14(21)15(16)4-5-15/h12H,2-11,16H2,1H3. The average molecular weight is 294 g/mol. The van der Waals surface area contributed by atoms with E-state index in [1.165, 1.54) is 0 Å². The summed E-state index contributed by atoms with van der Waals surface area (Å²) < 4.78 is 0. The van der Waals surface area contributed by atoms with Gasteiger partial charge in [-0.2, -0.15) is 0 Å². The van der Waals surface area contributed by atoms with Gasteiger partial charge in [-0.25, -0.2) is 0 Å². The van der Waals surface area contributed by atoms with Gasteiger partial charge in [-0.05, 0) is 32.6 Å². The molecule has 1 unspecified atom stereocenters. The Kier molecular flexibility index (Phi) is 3.92. The first-order valence-corrected chi connectivity index (χ1v) is 8.12. The van der Waals surface area contributed by atoms with Crippen LogP contribution in [0.15, 0.2) is 0 Å². The normalized spacial score (nSPS) is 26.8. The van der Waals surface area contributed by atoms with Gasteiger partial charge in [-0.1, -0.05) is 0 Å². The number of hydrogen-bond donors (Lipinski definition) is 1. The van der Waals surface area contributed by atoms with Crippen molar-refractivity contribution in [1.29, 1.82) is 0 Å². The van der Waals surface area contributed by atoms with E-state index in [4.69, 9.17) is 5.73 Å². The highest BCUT2D eigenvalue weighted by Gasteiger charge is 2.48. The van der Waals surface area contributed by atoms with Gasteiger partial charge in [0.1, 0.15) is 0 Å². The van der Waals surface area contributed by atoms with Gasteiger partial charge in [0, 0.05) is 39.3 Å². The van der Waals surface area contributed by atoms with Crippen molar-refractivity contribution in [3.05, 3.63) is 0 Å². The predicted molar refractivity (Wildman–Crippen MR) is 79.6 cm³/mol. The Morgan fingerprint density at radius 3 is 2.05 bits per heavy atom. The third-order valence-corrected chi connectivity index (χ3v) is 5.14. The Labute approximate surface area is 126 Å². The summed E-state index contributed by atoms with van der Waals surface area (Å²) in [6.07, 6.45) is 3.88. The first-order valence-electron chi connectivity index (χ1n) is 8.12. The molecule has 0 spiro atoms. The minimum Gasteiger partial charge on any atom is -0.341 e. The number of nitrogens with two attached hydrogens (primary N) is 1. The summed E-state index contributed by atoms with van der Waals surface area (Å²) in [7, 11) is 0. The Morgan fingerprint density at radius 2 is 1.52 bits per heavy atom. The van der Waals surface area contributed by atoms with Crippen LogP contribution < -0.4 is 5.73 Å². The molecule has 0 aromatic heterocycles. The molecule has 3 aliphatic rings. The molecule has 0 radical (unpaired) electrons. The third-order valence-electron chi connectivity index (χ3n) is 5.14. The van der Waals surface area contributed by atoms with Gasteiger partial charge < -0.3 is 15.5 Å². The number of amides is 2. The maximum absolute atomic E-state index is 12.4. The smallest absolute Gasteiger partial charge is 0.242 e. The monoisotopic (exact) mass is 294 g/mol. The zero-order valence-corrected chi connectivity index (χ0v) is 12.9. The van der Waals surface area contributed by atoms with Crippen molar-refractivity contribution < 1.29 is 9.59 Å². The molecule has 2 saturated heterocycles. The maximum Gasteiger partial charge on any atom is 0.242 e. The van der Waals surface area contributed by atoms with Crippen LogP contribution in [0.4, 0.5) is 0 Å². The molecule has 1 saturated carbocycles. The van der Waals surface area contributed by atoms with Gasteiger partial charge in [-0.15, -0.1) is 0 Å². The lowest BCUT2D eigenvalue weighted by Crippen LogP contribution is -2.57. The van der Waals surface area contributed by atoms with E-state index in [0.717, 1.165) is 51.9 Å². The number of hydrogen-bond acceptors (Lipinski definition) is 4. The Bertz CT molecular complexity index is 421. The van der Waals surface area contributed by atoms with E-state index in [2.05, 4.69) is 4.90 Å². The quantitative estimate of drug-likeness (QED) is 0.771. The molecular weight excluding hydrogens is 268 g/mol. The van der Waals surface area contributed by atoms with Crippen LogP contribution in [0.1, 0.15) is 32.6 Å². The third kappa shape index (κ3) is 2.92. The summed E-state index contributed by atoms with van der Waals surface area (Å²) >= 11 is 0. The highest BCUT2D eigenvalue weighted by molar-refractivity contribution is 5.89. The van der Waals surface area contributed by atoms with Crippen molar-refractivity contribution in [2.24, 2.45) is 5.73 Å². The molecule has 0 aromatic rings. The molecule has 1 atom stereocenters. The van der Waals surface area contributed by atoms with E-state index in [9.17, 15) is 9.59 Å². The fourth-order valence-corrected chi connectivity index (χ4v) is 3.33. The second-order valence-corrected chi connectivity index (χ2v) is 6.69. The zero-order valence-electron chi connectivity index (χ0n) is 12.9. The van der Waals surface area contributed by atoms with E-state index in [1.807, 2.05) is 16.7 Å². The first kappa shape index (κ1) is 14.8. The Morgan fingerprint density at radius 1 is 0.952 bits per heavy atom. The molecule has 2 amide bonds. The van der Waals surface area contributed by atoms with Gasteiger partial charge in [0.15, 0.2) is 0 Å². The van der Waals surface area contributed by atoms with E-state index >= 15 is 0 Å². The number of carbonyl (C=O) groups is 2. The molecule has 2 aliphatic heterocycles. The molecule has 6 heteroatoms. The molecule has 2 N–H and O–H groups in total. The number of nitrogens with zero attached hydrogens (tertiary/aromatic N) is 3. The molecule has 118 valence electrons. The fraction of sp³-hybridized carbons (Fsp3) is 0.867. The largest absolute Gasteiger partial charge is 0.341 e. The lowest BCUT2D eigenvalue weighted by molar-refractivity contribution is -0.139. The number of rotatable bonds is 3. The van der Waals surface area contributed by atoms with Crippen molar-refractivity contribution in [2.45, 2.75) is 44.2 Å². The maximum atomic E-state index is 12.4. The molecular formula is C15H26N4O2. The molecule has 2 heterocycles. The van der Waals surface area contributed by atoms with Crippen LogP contribution in [0.5, 0.6) is 0 Å². The van der Waals surface area contributed by atoms with Crippen LogP contribution in [0, 0.1) is 0 Å². The lowest BCUT2D eigenvalue weighted by atomic mass is 10.1. The summed E-state index contributed by atoms with van der Waals surface area (Å²) in [5.41, 5.74) is 5.41. The van der Waals surface area contributed by atoms with Crippen molar-refractivity contribution >= 4 is 11.8 Å².